The Kier molecular flexibility index (Phi) is 4.02. The van der Waals surface area contributed by atoms with Crippen LogP contribution in [0.25, 0.3) is 0 Å². The number of carbonyl (C=O) groups excluding carboxylic acids is 1. The maximum absolute atomic E-state index is 13.2. The molecular weight excluding hydrogens is 276 g/mol. The Labute approximate surface area is 133 Å². The van der Waals surface area contributed by atoms with Crippen LogP contribution in [0.3, 0.4) is 0 Å². The average Bonchev–Trinajstić information content (AvgIpc) is 2.87. The molecule has 0 saturated carbocycles. The molecule has 5 heteroatoms. The third-order valence-corrected chi connectivity index (χ3v) is 5.45. The van der Waals surface area contributed by atoms with E-state index in [1.165, 1.54) is 6.42 Å². The third-order valence-electron chi connectivity index (χ3n) is 5.45. The minimum Gasteiger partial charge on any atom is -0.330 e. The first-order chi connectivity index (χ1) is 10.4. The zero-order valence-electron chi connectivity index (χ0n) is 14.2. The summed E-state index contributed by atoms with van der Waals surface area (Å²) in [5, 5.41) is 8.13. The van der Waals surface area contributed by atoms with Crippen molar-refractivity contribution in [2.24, 2.45) is 7.05 Å². The fourth-order valence-electron chi connectivity index (χ4n) is 4.01. The molecular formula is C17H28N4O. The lowest BCUT2D eigenvalue weighted by molar-refractivity contribution is 0.00797. The highest BCUT2D eigenvalue weighted by molar-refractivity contribution is 5.93. The van der Waals surface area contributed by atoms with Crippen molar-refractivity contribution in [2.45, 2.75) is 64.0 Å². The molecule has 122 valence electrons. The Hall–Kier alpha value is -1.36. The number of rotatable bonds is 2. The number of piperidine rings is 2. The maximum Gasteiger partial charge on any atom is 0.272 e. The number of nitrogens with one attached hydrogen (secondary N) is 1. The molecule has 2 fully saturated rings. The van der Waals surface area contributed by atoms with Crippen molar-refractivity contribution in [3.05, 3.63) is 17.5 Å². The van der Waals surface area contributed by atoms with Gasteiger partial charge in [-0.1, -0.05) is 13.8 Å². The van der Waals surface area contributed by atoms with Crippen LogP contribution in [0.15, 0.2) is 6.07 Å². The van der Waals surface area contributed by atoms with Crippen LogP contribution in [0.1, 0.15) is 68.6 Å². The topological polar surface area (TPSA) is 50.2 Å². The molecule has 1 aromatic heterocycles. The molecule has 0 aliphatic carbocycles. The second kappa shape index (κ2) is 5.69. The van der Waals surface area contributed by atoms with Crippen molar-refractivity contribution in [1.29, 1.82) is 0 Å². The second-order valence-electron chi connectivity index (χ2n) is 7.30. The average molecular weight is 304 g/mol. The van der Waals surface area contributed by atoms with Gasteiger partial charge in [0.15, 0.2) is 0 Å². The van der Waals surface area contributed by atoms with Gasteiger partial charge in [0.05, 0.1) is 11.2 Å². The third kappa shape index (κ3) is 2.45. The van der Waals surface area contributed by atoms with Crippen molar-refractivity contribution < 1.29 is 4.79 Å². The van der Waals surface area contributed by atoms with E-state index in [-0.39, 0.29) is 11.4 Å². The molecule has 1 N–H and O–H groups in total. The molecule has 1 amide bonds. The van der Waals surface area contributed by atoms with Crippen LogP contribution in [-0.2, 0) is 7.05 Å². The van der Waals surface area contributed by atoms with Gasteiger partial charge in [0, 0.05) is 19.6 Å². The lowest BCUT2D eigenvalue weighted by Crippen LogP contribution is -2.66. The number of hydrogen-bond donors (Lipinski definition) is 1. The monoisotopic (exact) mass is 304 g/mol. The number of hydrogen-bond acceptors (Lipinski definition) is 3. The number of nitrogens with zero attached hydrogens (tertiary/aromatic N) is 3. The Morgan fingerprint density at radius 3 is 2.91 bits per heavy atom. The summed E-state index contributed by atoms with van der Waals surface area (Å²) in [5.41, 5.74) is 1.65. The van der Waals surface area contributed by atoms with Crippen molar-refractivity contribution >= 4 is 5.91 Å². The van der Waals surface area contributed by atoms with E-state index in [9.17, 15) is 4.79 Å². The first-order valence-electron chi connectivity index (χ1n) is 8.53. The number of amides is 1. The first-order valence-corrected chi connectivity index (χ1v) is 8.53. The highest BCUT2D eigenvalue weighted by atomic mass is 16.2. The second-order valence-corrected chi connectivity index (χ2v) is 7.30. The number of carbonyl (C=O) groups is 1. The zero-order chi connectivity index (χ0) is 15.9. The van der Waals surface area contributed by atoms with Gasteiger partial charge in [-0.05, 0) is 51.1 Å². The van der Waals surface area contributed by atoms with Gasteiger partial charge < -0.3 is 10.2 Å². The quantitative estimate of drug-likeness (QED) is 0.912. The molecule has 2 aliphatic heterocycles. The molecule has 0 radical (unpaired) electrons. The molecule has 2 aliphatic rings. The molecule has 0 spiro atoms. The summed E-state index contributed by atoms with van der Waals surface area (Å²) >= 11 is 0. The summed E-state index contributed by atoms with van der Waals surface area (Å²) in [5.74, 6) is 0.478. The van der Waals surface area contributed by atoms with Crippen LogP contribution < -0.4 is 5.32 Å². The highest BCUT2D eigenvalue weighted by Crippen LogP contribution is 2.36. The van der Waals surface area contributed by atoms with E-state index in [0.717, 1.165) is 43.7 Å². The number of fused-ring (bicyclic) bond motifs is 1. The summed E-state index contributed by atoms with van der Waals surface area (Å²) < 4.78 is 1.75. The number of aryl methyl sites for hydroxylation is 1. The molecule has 0 unspecified atom stereocenters. The van der Waals surface area contributed by atoms with E-state index in [4.69, 9.17) is 0 Å². The molecule has 1 aromatic rings. The molecule has 0 bridgehead atoms. The predicted molar refractivity (Wildman–Crippen MR) is 87.0 cm³/mol. The molecule has 5 nitrogen and oxygen atoms in total. The molecule has 0 aromatic carbocycles. The smallest absolute Gasteiger partial charge is 0.272 e. The van der Waals surface area contributed by atoms with E-state index < -0.39 is 0 Å². The van der Waals surface area contributed by atoms with Gasteiger partial charge in [0.2, 0.25) is 0 Å². The minimum absolute atomic E-state index is 0.0597. The van der Waals surface area contributed by atoms with Crippen LogP contribution in [-0.4, -0.2) is 45.3 Å². The SMILES string of the molecule is CC(C)c1cc(C(=O)N2CCC[C@H]3NCCC[C@@]32C)n(C)n1. The van der Waals surface area contributed by atoms with E-state index in [0.29, 0.717) is 12.0 Å². The van der Waals surface area contributed by atoms with Crippen molar-refractivity contribution in [3.8, 4) is 0 Å². The van der Waals surface area contributed by atoms with Crippen LogP contribution in [0.4, 0.5) is 0 Å². The molecule has 22 heavy (non-hydrogen) atoms. The largest absolute Gasteiger partial charge is 0.330 e. The summed E-state index contributed by atoms with van der Waals surface area (Å²) in [7, 11) is 1.88. The fourth-order valence-corrected chi connectivity index (χ4v) is 4.01. The van der Waals surface area contributed by atoms with Crippen molar-refractivity contribution in [1.82, 2.24) is 20.0 Å². The van der Waals surface area contributed by atoms with Crippen molar-refractivity contribution in [2.75, 3.05) is 13.1 Å². The van der Waals surface area contributed by atoms with Crippen LogP contribution in [0.5, 0.6) is 0 Å². The van der Waals surface area contributed by atoms with Crippen molar-refractivity contribution in [3.63, 3.8) is 0 Å². The van der Waals surface area contributed by atoms with Gasteiger partial charge in [0.25, 0.3) is 5.91 Å². The molecule has 3 rings (SSSR count). The van der Waals surface area contributed by atoms with Gasteiger partial charge in [-0.2, -0.15) is 5.10 Å². The molecule has 3 heterocycles. The molecule has 2 saturated heterocycles. The Morgan fingerprint density at radius 1 is 1.45 bits per heavy atom. The van der Waals surface area contributed by atoms with Gasteiger partial charge >= 0.3 is 0 Å². The summed E-state index contributed by atoms with van der Waals surface area (Å²) in [6, 6.07) is 2.40. The highest BCUT2D eigenvalue weighted by Gasteiger charge is 2.46. The summed E-state index contributed by atoms with van der Waals surface area (Å²) in [6.45, 7) is 8.40. The number of aromatic nitrogens is 2. The van der Waals surface area contributed by atoms with E-state index in [1.807, 2.05) is 13.1 Å². The van der Waals surface area contributed by atoms with Gasteiger partial charge in [-0.15, -0.1) is 0 Å². The maximum atomic E-state index is 13.2. The van der Waals surface area contributed by atoms with E-state index in [2.05, 4.69) is 36.1 Å². The standard InChI is InChI=1S/C17H28N4O/c1-12(2)13-11-14(20(4)19-13)16(22)21-10-5-7-15-17(21,3)8-6-9-18-15/h11-12,15,18H,5-10H2,1-4H3/t15-,17+/m1/s1. The predicted octanol–water partition coefficient (Wildman–Crippen LogP) is 2.29. The van der Waals surface area contributed by atoms with E-state index >= 15 is 0 Å². The summed E-state index contributed by atoms with van der Waals surface area (Å²) in [4.78, 5) is 15.3. The lowest BCUT2D eigenvalue weighted by atomic mass is 9.77. The normalized spacial score (nSPS) is 28.8. The number of likely N-dealkylation sites (tertiary alicyclic amines) is 1. The zero-order valence-corrected chi connectivity index (χ0v) is 14.2. The van der Waals surface area contributed by atoms with Gasteiger partial charge in [-0.25, -0.2) is 0 Å². The Balaban J connectivity index is 1.90. The first kappa shape index (κ1) is 15.5. The minimum atomic E-state index is -0.0597. The van der Waals surface area contributed by atoms with Gasteiger partial charge in [0.1, 0.15) is 5.69 Å². The van der Waals surface area contributed by atoms with Crippen LogP contribution in [0, 0.1) is 0 Å². The van der Waals surface area contributed by atoms with Crippen LogP contribution in [0.2, 0.25) is 0 Å². The van der Waals surface area contributed by atoms with E-state index in [1.54, 1.807) is 4.68 Å². The van der Waals surface area contributed by atoms with Crippen LogP contribution >= 0.6 is 0 Å². The lowest BCUT2D eigenvalue weighted by Gasteiger charge is -2.52. The Morgan fingerprint density at radius 2 is 2.23 bits per heavy atom. The Bertz CT molecular complexity index is 563. The van der Waals surface area contributed by atoms with Gasteiger partial charge in [-0.3, -0.25) is 9.48 Å². The fraction of sp³-hybridized carbons (Fsp3) is 0.765. The molecule has 2 atom stereocenters. The summed E-state index contributed by atoms with van der Waals surface area (Å²) in [6.07, 6.45) is 4.47.